The summed E-state index contributed by atoms with van der Waals surface area (Å²) in [6.07, 6.45) is 0.514. The van der Waals surface area contributed by atoms with Crippen molar-refractivity contribution in [2.75, 3.05) is 13.7 Å². The molecule has 0 fully saturated rings. The van der Waals surface area contributed by atoms with Crippen LogP contribution in [0.4, 0.5) is 4.79 Å². The zero-order valence-corrected chi connectivity index (χ0v) is 19.2. The number of ether oxygens (including phenoxy) is 2. The number of nitrogens with one attached hydrogen (secondary N) is 2. The molecule has 4 rings (SSSR count). The second-order valence-corrected chi connectivity index (χ2v) is 9.46. The van der Waals surface area contributed by atoms with Crippen LogP contribution in [0.1, 0.15) is 29.9 Å². The second-order valence-electron chi connectivity index (χ2n) is 7.23. The van der Waals surface area contributed by atoms with Crippen LogP contribution in [0, 0.1) is 0 Å². The molecule has 32 heavy (non-hydrogen) atoms. The first kappa shape index (κ1) is 22.0. The van der Waals surface area contributed by atoms with E-state index in [-0.39, 0.29) is 27.5 Å². The van der Waals surface area contributed by atoms with Crippen LogP contribution in [-0.2, 0) is 14.3 Å². The van der Waals surface area contributed by atoms with Gasteiger partial charge in [-0.05, 0) is 0 Å². The van der Waals surface area contributed by atoms with Crippen LogP contribution in [0.2, 0.25) is 5.32 Å². The summed E-state index contributed by atoms with van der Waals surface area (Å²) in [6, 6.07) is 15.5. The average molecular weight is 500 g/mol. The van der Waals surface area contributed by atoms with Gasteiger partial charge < -0.3 is 0 Å². The number of aromatic amines is 1. The standard InChI is InChI=1S/C22H23N5O4Se/c1-30-20(28)19(11-6-12-32-21-24-26-27-25-21)23-22(29)31-13-18-16-9-4-2-7-14(16)15-8-3-5-10-17(15)18/h2-5,7-10,18-19H,6,11-13H2,1H3,(H,23,29)(H,24,25,26,27)/t19-/m0/s1. The molecule has 1 amide bonds. The van der Waals surface area contributed by atoms with Crippen LogP contribution in [-0.4, -0.2) is 67.4 Å². The van der Waals surface area contributed by atoms with E-state index >= 15 is 0 Å². The zero-order chi connectivity index (χ0) is 22.3. The van der Waals surface area contributed by atoms with Crippen molar-refractivity contribution in [3.05, 3.63) is 59.7 Å². The minimum absolute atomic E-state index is 0.0395. The van der Waals surface area contributed by atoms with Crippen LogP contribution in [0.15, 0.2) is 48.5 Å². The van der Waals surface area contributed by atoms with E-state index in [1.54, 1.807) is 0 Å². The number of alkyl carbamates (subject to hydrolysis) is 1. The molecule has 166 valence electrons. The normalized spacial score (nSPS) is 13.2. The van der Waals surface area contributed by atoms with Crippen LogP contribution >= 0.6 is 0 Å². The van der Waals surface area contributed by atoms with Crippen LogP contribution < -0.4 is 10.0 Å². The predicted octanol–water partition coefficient (Wildman–Crippen LogP) is 1.81. The average Bonchev–Trinajstić information content (AvgIpc) is 3.45. The van der Waals surface area contributed by atoms with Crippen LogP contribution in [0.25, 0.3) is 11.1 Å². The Morgan fingerprint density at radius 1 is 1.12 bits per heavy atom. The summed E-state index contributed by atoms with van der Waals surface area (Å²) >= 11 is 0.0530. The Bertz CT molecular complexity index is 1030. The number of nitrogens with zero attached hydrogens (tertiary/aromatic N) is 3. The Morgan fingerprint density at radius 3 is 2.44 bits per heavy atom. The Balaban J connectivity index is 1.33. The summed E-state index contributed by atoms with van der Waals surface area (Å²) in [5, 5.41) is 17.3. The van der Waals surface area contributed by atoms with Gasteiger partial charge in [-0.3, -0.25) is 0 Å². The Kier molecular flexibility index (Phi) is 7.14. The fraction of sp³-hybridized carbons (Fsp3) is 0.318. The van der Waals surface area contributed by atoms with Gasteiger partial charge in [0.15, 0.2) is 0 Å². The molecule has 0 bridgehead atoms. The molecule has 1 aromatic heterocycles. The Morgan fingerprint density at radius 2 is 1.81 bits per heavy atom. The summed E-state index contributed by atoms with van der Waals surface area (Å²) < 4.78 is 11.1. The van der Waals surface area contributed by atoms with E-state index in [1.807, 2.05) is 24.3 Å². The topological polar surface area (TPSA) is 119 Å². The molecular formula is C22H23N5O4Se. The molecule has 10 heteroatoms. The summed E-state index contributed by atoms with van der Waals surface area (Å²) in [6.45, 7) is 0.189. The Labute approximate surface area is 191 Å². The fourth-order valence-electron chi connectivity index (χ4n) is 3.84. The van der Waals surface area contributed by atoms with E-state index < -0.39 is 18.1 Å². The van der Waals surface area contributed by atoms with Crippen molar-refractivity contribution >= 4 is 31.7 Å². The molecular weight excluding hydrogens is 477 g/mol. The number of aromatic nitrogens is 4. The first-order chi connectivity index (χ1) is 15.7. The minimum atomic E-state index is -0.767. The molecule has 3 aromatic rings. The van der Waals surface area contributed by atoms with Crippen molar-refractivity contribution in [2.24, 2.45) is 0 Å². The van der Waals surface area contributed by atoms with Crippen molar-refractivity contribution < 1.29 is 19.1 Å². The predicted molar refractivity (Wildman–Crippen MR) is 118 cm³/mol. The number of carbonyl (C=O) groups is 2. The molecule has 0 aliphatic heterocycles. The molecule has 1 aliphatic carbocycles. The van der Waals surface area contributed by atoms with Crippen molar-refractivity contribution in [3.8, 4) is 11.1 Å². The van der Waals surface area contributed by atoms with E-state index in [0.717, 1.165) is 27.6 Å². The molecule has 0 spiro atoms. The van der Waals surface area contributed by atoms with Crippen molar-refractivity contribution in [2.45, 2.75) is 30.1 Å². The van der Waals surface area contributed by atoms with E-state index in [2.05, 4.69) is 50.2 Å². The number of amides is 1. The number of fused-ring (bicyclic) bond motifs is 3. The number of methoxy groups -OCH3 is 1. The number of carbonyl (C=O) groups excluding carboxylic acids is 2. The van der Waals surface area contributed by atoms with Crippen LogP contribution in [0.5, 0.6) is 0 Å². The summed E-state index contributed by atoms with van der Waals surface area (Å²) in [5.74, 6) is -0.534. The zero-order valence-electron chi connectivity index (χ0n) is 17.5. The SMILES string of the molecule is COC(=O)[C@H](CCC[Se]c1nn[nH]n1)NC(=O)OCC1c2ccccc2-c2ccccc21. The number of hydrogen-bond donors (Lipinski definition) is 2. The van der Waals surface area contributed by atoms with Gasteiger partial charge in [-0.15, -0.1) is 0 Å². The van der Waals surface area contributed by atoms with E-state index in [9.17, 15) is 9.59 Å². The van der Waals surface area contributed by atoms with E-state index in [1.165, 1.54) is 7.11 Å². The summed E-state index contributed by atoms with van der Waals surface area (Å²) in [7, 11) is 1.30. The molecule has 1 aliphatic rings. The quantitative estimate of drug-likeness (QED) is 0.261. The van der Waals surface area contributed by atoms with Gasteiger partial charge in [0.25, 0.3) is 0 Å². The first-order valence-corrected chi connectivity index (χ1v) is 12.3. The number of tetrazole rings is 1. The molecule has 0 unspecified atom stereocenters. The van der Waals surface area contributed by atoms with Gasteiger partial charge in [0.05, 0.1) is 0 Å². The van der Waals surface area contributed by atoms with Crippen molar-refractivity contribution in [1.82, 2.24) is 25.9 Å². The number of hydrogen-bond acceptors (Lipinski definition) is 7. The van der Waals surface area contributed by atoms with Gasteiger partial charge in [0.2, 0.25) is 0 Å². The molecule has 0 saturated carbocycles. The summed E-state index contributed by atoms with van der Waals surface area (Å²) in [5.41, 5.74) is 4.59. The number of benzene rings is 2. The molecule has 2 aromatic carbocycles. The van der Waals surface area contributed by atoms with Gasteiger partial charge in [-0.2, -0.15) is 0 Å². The molecule has 2 N–H and O–H groups in total. The number of esters is 1. The summed E-state index contributed by atoms with van der Waals surface area (Å²) in [4.78, 5) is 24.6. The maximum atomic E-state index is 12.5. The molecule has 0 radical (unpaired) electrons. The van der Waals surface area contributed by atoms with E-state index in [0.29, 0.717) is 17.6 Å². The van der Waals surface area contributed by atoms with Crippen LogP contribution in [0.3, 0.4) is 0 Å². The van der Waals surface area contributed by atoms with E-state index in [4.69, 9.17) is 9.47 Å². The molecule has 1 heterocycles. The van der Waals surface area contributed by atoms with Gasteiger partial charge >= 0.3 is 179 Å². The monoisotopic (exact) mass is 501 g/mol. The van der Waals surface area contributed by atoms with Crippen molar-refractivity contribution in [1.29, 1.82) is 0 Å². The van der Waals surface area contributed by atoms with Gasteiger partial charge in [-0.1, -0.05) is 12.1 Å². The molecule has 0 saturated heterocycles. The van der Waals surface area contributed by atoms with Crippen molar-refractivity contribution in [3.63, 3.8) is 0 Å². The first-order valence-electron chi connectivity index (χ1n) is 10.2. The second kappa shape index (κ2) is 10.4. The molecule has 1 atom stereocenters. The number of rotatable bonds is 9. The van der Waals surface area contributed by atoms with Gasteiger partial charge in [0.1, 0.15) is 0 Å². The van der Waals surface area contributed by atoms with Gasteiger partial charge in [0, 0.05) is 0 Å². The fourth-order valence-corrected chi connectivity index (χ4v) is 5.30. The molecule has 9 nitrogen and oxygen atoms in total. The maximum absolute atomic E-state index is 12.5. The third kappa shape index (κ3) is 4.98. The number of H-pyrrole nitrogens is 1. The van der Waals surface area contributed by atoms with Gasteiger partial charge in [-0.25, -0.2) is 0 Å². The third-order valence-corrected chi connectivity index (χ3v) is 7.25. The third-order valence-electron chi connectivity index (χ3n) is 5.32. The Hall–Kier alpha value is -3.23.